The third-order valence-electron chi connectivity index (χ3n) is 3.09. The van der Waals surface area contributed by atoms with Crippen molar-refractivity contribution in [2.75, 3.05) is 6.26 Å². The van der Waals surface area contributed by atoms with Gasteiger partial charge in [-0.05, 0) is 43.7 Å². The third kappa shape index (κ3) is 4.03. The molecule has 0 spiro atoms. The summed E-state index contributed by atoms with van der Waals surface area (Å²) in [4.78, 5) is 13.0. The first-order valence-corrected chi connectivity index (χ1v) is 7.58. The standard InChI is InChI=1S/C14H20N2OS/c1-10(14(17)16-12-5-6-12)15-9-11-3-7-13(18-2)8-4-11/h3-4,7-8,10,12,15H,5-6,9H2,1-2H3,(H,16,17). The van der Waals surface area contributed by atoms with E-state index in [-0.39, 0.29) is 11.9 Å². The summed E-state index contributed by atoms with van der Waals surface area (Å²) < 4.78 is 0. The lowest BCUT2D eigenvalue weighted by atomic mass is 10.2. The summed E-state index contributed by atoms with van der Waals surface area (Å²) in [5, 5.41) is 6.25. The van der Waals surface area contributed by atoms with Crippen LogP contribution in [0, 0.1) is 0 Å². The van der Waals surface area contributed by atoms with E-state index in [2.05, 4.69) is 41.2 Å². The van der Waals surface area contributed by atoms with Crippen LogP contribution in [0.2, 0.25) is 0 Å². The zero-order valence-electron chi connectivity index (χ0n) is 10.9. The summed E-state index contributed by atoms with van der Waals surface area (Å²) in [6.45, 7) is 2.64. The molecular formula is C14H20N2OS. The van der Waals surface area contributed by atoms with Crippen LogP contribution in [-0.2, 0) is 11.3 Å². The first-order chi connectivity index (χ1) is 8.69. The maximum atomic E-state index is 11.7. The van der Waals surface area contributed by atoms with Crippen molar-refractivity contribution in [3.63, 3.8) is 0 Å². The molecule has 0 aromatic heterocycles. The zero-order chi connectivity index (χ0) is 13.0. The van der Waals surface area contributed by atoms with Gasteiger partial charge in [0.15, 0.2) is 0 Å². The second-order valence-electron chi connectivity index (χ2n) is 4.73. The Labute approximate surface area is 113 Å². The molecule has 3 nitrogen and oxygen atoms in total. The lowest BCUT2D eigenvalue weighted by Gasteiger charge is -2.13. The van der Waals surface area contributed by atoms with Crippen molar-refractivity contribution in [2.24, 2.45) is 0 Å². The van der Waals surface area contributed by atoms with Crippen LogP contribution < -0.4 is 10.6 Å². The molecule has 1 atom stereocenters. The summed E-state index contributed by atoms with van der Waals surface area (Å²) in [6.07, 6.45) is 4.33. The van der Waals surface area contributed by atoms with Gasteiger partial charge in [-0.15, -0.1) is 11.8 Å². The molecule has 0 radical (unpaired) electrons. The van der Waals surface area contributed by atoms with Crippen LogP contribution in [-0.4, -0.2) is 24.2 Å². The van der Waals surface area contributed by atoms with Crippen molar-refractivity contribution in [3.05, 3.63) is 29.8 Å². The SMILES string of the molecule is CSc1ccc(CNC(C)C(=O)NC2CC2)cc1. The molecule has 1 aliphatic rings. The second kappa shape index (κ2) is 6.25. The highest BCUT2D eigenvalue weighted by atomic mass is 32.2. The molecule has 1 aromatic carbocycles. The van der Waals surface area contributed by atoms with E-state index in [1.54, 1.807) is 11.8 Å². The molecule has 0 bridgehead atoms. The summed E-state index contributed by atoms with van der Waals surface area (Å²) in [7, 11) is 0. The molecule has 1 fully saturated rings. The van der Waals surface area contributed by atoms with Gasteiger partial charge in [0.25, 0.3) is 0 Å². The number of rotatable bonds is 6. The van der Waals surface area contributed by atoms with E-state index in [9.17, 15) is 4.79 Å². The Morgan fingerprint density at radius 2 is 2.06 bits per heavy atom. The summed E-state index contributed by atoms with van der Waals surface area (Å²) in [5.41, 5.74) is 1.21. The number of hydrogen-bond donors (Lipinski definition) is 2. The molecule has 0 heterocycles. The van der Waals surface area contributed by atoms with E-state index in [0.29, 0.717) is 6.04 Å². The molecule has 1 amide bonds. The van der Waals surface area contributed by atoms with E-state index in [0.717, 1.165) is 19.4 Å². The van der Waals surface area contributed by atoms with Crippen LogP contribution in [0.3, 0.4) is 0 Å². The highest BCUT2D eigenvalue weighted by molar-refractivity contribution is 7.98. The number of thioether (sulfide) groups is 1. The maximum absolute atomic E-state index is 11.7. The molecule has 0 aliphatic heterocycles. The molecule has 4 heteroatoms. The van der Waals surface area contributed by atoms with Crippen LogP contribution in [0.5, 0.6) is 0 Å². The maximum Gasteiger partial charge on any atom is 0.237 e. The fourth-order valence-electron chi connectivity index (χ4n) is 1.66. The van der Waals surface area contributed by atoms with Gasteiger partial charge in [-0.1, -0.05) is 12.1 Å². The molecule has 1 aliphatic carbocycles. The van der Waals surface area contributed by atoms with Crippen molar-refractivity contribution in [1.29, 1.82) is 0 Å². The summed E-state index contributed by atoms with van der Waals surface area (Å²) in [5.74, 6) is 0.109. The fourth-order valence-corrected chi connectivity index (χ4v) is 2.07. The van der Waals surface area contributed by atoms with Crippen molar-refractivity contribution in [2.45, 2.75) is 43.3 Å². The topological polar surface area (TPSA) is 41.1 Å². The summed E-state index contributed by atoms with van der Waals surface area (Å²) in [6, 6.07) is 8.72. The van der Waals surface area contributed by atoms with Gasteiger partial charge in [0.1, 0.15) is 0 Å². The molecule has 18 heavy (non-hydrogen) atoms. The van der Waals surface area contributed by atoms with Gasteiger partial charge in [-0.2, -0.15) is 0 Å². The van der Waals surface area contributed by atoms with E-state index < -0.39 is 0 Å². The Kier molecular flexibility index (Phi) is 4.66. The predicted molar refractivity (Wildman–Crippen MR) is 75.7 cm³/mol. The second-order valence-corrected chi connectivity index (χ2v) is 5.61. The lowest BCUT2D eigenvalue weighted by molar-refractivity contribution is -0.122. The molecule has 0 saturated heterocycles. The third-order valence-corrected chi connectivity index (χ3v) is 3.83. The normalized spacial score (nSPS) is 16.3. The van der Waals surface area contributed by atoms with Gasteiger partial charge in [0, 0.05) is 17.5 Å². The molecule has 2 N–H and O–H groups in total. The van der Waals surface area contributed by atoms with Crippen molar-refractivity contribution in [1.82, 2.24) is 10.6 Å². The van der Waals surface area contributed by atoms with Crippen molar-refractivity contribution in [3.8, 4) is 0 Å². The Morgan fingerprint density at radius 1 is 1.39 bits per heavy atom. The zero-order valence-corrected chi connectivity index (χ0v) is 11.7. The van der Waals surface area contributed by atoms with Gasteiger partial charge in [0.05, 0.1) is 6.04 Å². The fraction of sp³-hybridized carbons (Fsp3) is 0.500. The van der Waals surface area contributed by atoms with E-state index in [4.69, 9.17) is 0 Å². The smallest absolute Gasteiger partial charge is 0.237 e. The van der Waals surface area contributed by atoms with Gasteiger partial charge in [-0.25, -0.2) is 0 Å². The van der Waals surface area contributed by atoms with Crippen LogP contribution in [0.4, 0.5) is 0 Å². The number of hydrogen-bond acceptors (Lipinski definition) is 3. The average molecular weight is 264 g/mol. The molecule has 2 rings (SSSR count). The Morgan fingerprint density at radius 3 is 2.61 bits per heavy atom. The van der Waals surface area contributed by atoms with E-state index in [1.165, 1.54) is 10.5 Å². The van der Waals surface area contributed by atoms with E-state index in [1.807, 2.05) is 6.92 Å². The minimum atomic E-state index is -0.133. The van der Waals surface area contributed by atoms with Gasteiger partial charge < -0.3 is 10.6 Å². The Bertz CT molecular complexity index is 401. The molecule has 1 aromatic rings. The first-order valence-electron chi connectivity index (χ1n) is 6.35. The minimum absolute atomic E-state index is 0.109. The molecular weight excluding hydrogens is 244 g/mol. The Balaban J connectivity index is 1.76. The molecule has 1 saturated carbocycles. The molecule has 98 valence electrons. The number of benzene rings is 1. The van der Waals surface area contributed by atoms with Crippen molar-refractivity contribution < 1.29 is 4.79 Å². The predicted octanol–water partition coefficient (Wildman–Crippen LogP) is 2.17. The summed E-state index contributed by atoms with van der Waals surface area (Å²) >= 11 is 1.74. The quantitative estimate of drug-likeness (QED) is 0.774. The van der Waals surface area contributed by atoms with Crippen LogP contribution in [0.15, 0.2) is 29.2 Å². The monoisotopic (exact) mass is 264 g/mol. The Hall–Kier alpha value is -1.00. The van der Waals surface area contributed by atoms with Gasteiger partial charge in [0.2, 0.25) is 5.91 Å². The average Bonchev–Trinajstić information content (AvgIpc) is 3.20. The minimum Gasteiger partial charge on any atom is -0.352 e. The van der Waals surface area contributed by atoms with Crippen LogP contribution >= 0.6 is 11.8 Å². The number of amides is 1. The van der Waals surface area contributed by atoms with Crippen LogP contribution in [0.25, 0.3) is 0 Å². The highest BCUT2D eigenvalue weighted by Crippen LogP contribution is 2.18. The number of carbonyl (C=O) groups excluding carboxylic acids is 1. The first kappa shape index (κ1) is 13.4. The van der Waals surface area contributed by atoms with Crippen LogP contribution in [0.1, 0.15) is 25.3 Å². The molecule has 1 unspecified atom stereocenters. The largest absolute Gasteiger partial charge is 0.352 e. The van der Waals surface area contributed by atoms with E-state index >= 15 is 0 Å². The number of nitrogens with one attached hydrogen (secondary N) is 2. The lowest BCUT2D eigenvalue weighted by Crippen LogP contribution is -2.42. The highest BCUT2D eigenvalue weighted by Gasteiger charge is 2.25. The van der Waals surface area contributed by atoms with Gasteiger partial charge in [-0.3, -0.25) is 4.79 Å². The van der Waals surface area contributed by atoms with Gasteiger partial charge >= 0.3 is 0 Å². The number of carbonyl (C=O) groups is 1. The van der Waals surface area contributed by atoms with Crippen molar-refractivity contribution >= 4 is 17.7 Å².